The van der Waals surface area contributed by atoms with Gasteiger partial charge in [0.1, 0.15) is 19.0 Å². The van der Waals surface area contributed by atoms with Crippen LogP contribution >= 0.6 is 0 Å². The molecule has 0 fully saturated rings. The summed E-state index contributed by atoms with van der Waals surface area (Å²) in [4.78, 5) is 18.7. The predicted molar refractivity (Wildman–Crippen MR) is 100 cm³/mol. The number of amides is 1. The van der Waals surface area contributed by atoms with Crippen molar-refractivity contribution in [2.24, 2.45) is 17.4 Å². The fourth-order valence-electron chi connectivity index (χ4n) is 2.82. The number of nitrogens with two attached hydrogens (primary N) is 2. The van der Waals surface area contributed by atoms with Gasteiger partial charge >= 0.3 is 6.09 Å². The van der Waals surface area contributed by atoms with Gasteiger partial charge in [0.15, 0.2) is 0 Å². The summed E-state index contributed by atoms with van der Waals surface area (Å²) in [6.45, 7) is 2.64. The van der Waals surface area contributed by atoms with Crippen molar-refractivity contribution < 1.29 is 27.4 Å². The van der Waals surface area contributed by atoms with E-state index in [1.54, 1.807) is 0 Å². The van der Waals surface area contributed by atoms with Crippen LogP contribution in [0.4, 0.5) is 18.0 Å². The third-order valence-corrected chi connectivity index (χ3v) is 3.96. The van der Waals surface area contributed by atoms with E-state index in [2.05, 4.69) is 14.7 Å². The third kappa shape index (κ3) is 6.31. The monoisotopic (exact) mass is 412 g/mol. The van der Waals surface area contributed by atoms with Crippen LogP contribution in [0.15, 0.2) is 30.6 Å². The van der Waals surface area contributed by atoms with Crippen molar-refractivity contribution in [2.75, 3.05) is 13.3 Å². The highest BCUT2D eigenvalue weighted by Crippen LogP contribution is 2.33. The molecule has 29 heavy (non-hydrogen) atoms. The number of alkyl halides is 3. The predicted octanol–water partition coefficient (Wildman–Crippen LogP) is 3.63. The molecule has 1 amide bonds. The summed E-state index contributed by atoms with van der Waals surface area (Å²) in [6, 6.07) is 3.97. The van der Waals surface area contributed by atoms with Crippen molar-refractivity contribution in [3.63, 3.8) is 0 Å². The Bertz CT molecular complexity index is 851. The molecule has 2 rings (SSSR count). The number of ether oxygens (including phenoxy) is 2. The van der Waals surface area contributed by atoms with Crippen molar-refractivity contribution in [1.82, 2.24) is 9.97 Å². The van der Waals surface area contributed by atoms with Gasteiger partial charge < -0.3 is 20.9 Å². The molecule has 4 N–H and O–H groups in total. The minimum absolute atomic E-state index is 0.0970. The van der Waals surface area contributed by atoms with E-state index in [9.17, 15) is 18.0 Å². The van der Waals surface area contributed by atoms with Crippen LogP contribution in [0.3, 0.4) is 0 Å². The second-order valence-electron chi connectivity index (χ2n) is 7.09. The van der Waals surface area contributed by atoms with Crippen molar-refractivity contribution in [2.45, 2.75) is 32.2 Å². The van der Waals surface area contributed by atoms with E-state index in [4.69, 9.17) is 16.2 Å². The van der Waals surface area contributed by atoms with Crippen LogP contribution in [0.1, 0.15) is 32.3 Å². The molecule has 0 saturated heterocycles. The molecule has 0 aromatic carbocycles. The highest BCUT2D eigenvalue weighted by Gasteiger charge is 2.28. The number of primary amides is 1. The normalized spacial score (nSPS) is 13.4. The smallest absolute Gasteiger partial charge is 0.411 e. The number of carbonyl (C=O) groups is 1. The molecule has 0 saturated carbocycles. The molecule has 158 valence electrons. The largest absolute Gasteiger partial charge is 0.489 e. The Morgan fingerprint density at radius 1 is 1.28 bits per heavy atom. The first-order valence-corrected chi connectivity index (χ1v) is 8.83. The molecule has 2 aromatic rings. The average Bonchev–Trinajstić information content (AvgIpc) is 2.65. The van der Waals surface area contributed by atoms with E-state index in [0.29, 0.717) is 12.0 Å². The number of pyridine rings is 2. The lowest BCUT2D eigenvalue weighted by Gasteiger charge is -2.28. The van der Waals surface area contributed by atoms with Gasteiger partial charge in [0.05, 0.1) is 23.0 Å². The fraction of sp³-hybridized carbons (Fsp3) is 0.421. The van der Waals surface area contributed by atoms with Crippen molar-refractivity contribution in [3.8, 4) is 22.9 Å². The van der Waals surface area contributed by atoms with Crippen LogP contribution in [0, 0.1) is 5.92 Å². The highest BCUT2D eigenvalue weighted by atomic mass is 19.3. The summed E-state index contributed by atoms with van der Waals surface area (Å²) in [5, 5.41) is 0. The number of halogens is 3. The summed E-state index contributed by atoms with van der Waals surface area (Å²) in [5.74, 6) is -0.170. The van der Waals surface area contributed by atoms with Gasteiger partial charge in [-0.05, 0) is 24.5 Å². The van der Waals surface area contributed by atoms with Crippen LogP contribution < -0.4 is 20.9 Å². The fourth-order valence-corrected chi connectivity index (χ4v) is 2.82. The van der Waals surface area contributed by atoms with Crippen molar-refractivity contribution in [1.29, 1.82) is 0 Å². The molecule has 0 bridgehead atoms. The van der Waals surface area contributed by atoms with Gasteiger partial charge in [0.2, 0.25) is 5.88 Å². The SMILES string of the molecule is CC(C)CC(N)(CF)COc1cnc(-c2ccnc(OC(N)=O)c2)cc1C(F)F. The molecule has 0 radical (unpaired) electrons. The van der Waals surface area contributed by atoms with Gasteiger partial charge in [-0.1, -0.05) is 13.8 Å². The lowest BCUT2D eigenvalue weighted by Crippen LogP contribution is -2.49. The van der Waals surface area contributed by atoms with E-state index in [-0.39, 0.29) is 29.8 Å². The first kappa shape index (κ1) is 22.4. The van der Waals surface area contributed by atoms with Crippen LogP contribution in [0.2, 0.25) is 0 Å². The number of carbonyl (C=O) groups excluding carboxylic acids is 1. The summed E-state index contributed by atoms with van der Waals surface area (Å²) >= 11 is 0. The Morgan fingerprint density at radius 2 is 2.00 bits per heavy atom. The van der Waals surface area contributed by atoms with E-state index in [1.165, 1.54) is 18.3 Å². The lowest BCUT2D eigenvalue weighted by molar-refractivity contribution is 0.131. The van der Waals surface area contributed by atoms with Gasteiger partial charge in [0, 0.05) is 17.8 Å². The molecule has 0 spiro atoms. The molecule has 0 aliphatic rings. The van der Waals surface area contributed by atoms with Crippen LogP contribution in [-0.4, -0.2) is 34.9 Å². The second-order valence-corrected chi connectivity index (χ2v) is 7.09. The molecule has 0 aliphatic heterocycles. The van der Waals surface area contributed by atoms with Gasteiger partial charge in [-0.25, -0.2) is 22.9 Å². The molecule has 0 aliphatic carbocycles. The van der Waals surface area contributed by atoms with Gasteiger partial charge in [-0.3, -0.25) is 4.98 Å². The molecular formula is C19H23F3N4O3. The van der Waals surface area contributed by atoms with Gasteiger partial charge in [-0.15, -0.1) is 0 Å². The minimum atomic E-state index is -2.86. The Morgan fingerprint density at radius 3 is 2.59 bits per heavy atom. The van der Waals surface area contributed by atoms with Crippen LogP contribution in [0.25, 0.3) is 11.3 Å². The van der Waals surface area contributed by atoms with E-state index < -0.39 is 30.3 Å². The minimum Gasteiger partial charge on any atom is -0.489 e. The molecule has 10 heteroatoms. The lowest BCUT2D eigenvalue weighted by atomic mass is 9.92. The number of aromatic nitrogens is 2. The Labute approximate surface area is 166 Å². The third-order valence-electron chi connectivity index (χ3n) is 3.96. The first-order chi connectivity index (χ1) is 13.6. The zero-order chi connectivity index (χ0) is 21.6. The van der Waals surface area contributed by atoms with Crippen LogP contribution in [-0.2, 0) is 0 Å². The number of nitrogens with zero attached hydrogens (tertiary/aromatic N) is 2. The average molecular weight is 412 g/mol. The molecule has 1 atom stereocenters. The Balaban J connectivity index is 2.28. The number of hydrogen-bond donors (Lipinski definition) is 2. The van der Waals surface area contributed by atoms with Crippen molar-refractivity contribution in [3.05, 3.63) is 36.2 Å². The molecule has 7 nitrogen and oxygen atoms in total. The zero-order valence-electron chi connectivity index (χ0n) is 16.1. The molecule has 2 heterocycles. The number of hydrogen-bond acceptors (Lipinski definition) is 6. The van der Waals surface area contributed by atoms with Gasteiger partial charge in [-0.2, -0.15) is 0 Å². The van der Waals surface area contributed by atoms with E-state index in [0.717, 1.165) is 12.3 Å². The van der Waals surface area contributed by atoms with Crippen LogP contribution in [0.5, 0.6) is 11.6 Å². The molecular weight excluding hydrogens is 389 g/mol. The number of rotatable bonds is 9. The maximum absolute atomic E-state index is 13.6. The second kappa shape index (κ2) is 9.55. The quantitative estimate of drug-likeness (QED) is 0.650. The Kier molecular flexibility index (Phi) is 7.38. The summed E-state index contributed by atoms with van der Waals surface area (Å²) in [5.41, 5.74) is 9.77. The topological polar surface area (TPSA) is 113 Å². The summed E-state index contributed by atoms with van der Waals surface area (Å²) in [7, 11) is 0. The summed E-state index contributed by atoms with van der Waals surface area (Å²) in [6.07, 6.45) is -1.15. The van der Waals surface area contributed by atoms with E-state index in [1.807, 2.05) is 13.8 Å². The van der Waals surface area contributed by atoms with E-state index >= 15 is 0 Å². The maximum Gasteiger partial charge on any atom is 0.411 e. The maximum atomic E-state index is 13.6. The standard InChI is InChI=1S/C19H23F3N4O3/c1-11(2)7-19(24,9-20)10-28-15-8-26-14(6-13(15)17(21)22)12-3-4-25-16(5-12)29-18(23)27/h3-6,8,11,17H,7,9-10,24H2,1-2H3,(H2,23,27). The van der Waals surface area contributed by atoms with Gasteiger partial charge in [0.25, 0.3) is 6.43 Å². The Hall–Kier alpha value is -2.88. The first-order valence-electron chi connectivity index (χ1n) is 8.83. The van der Waals surface area contributed by atoms with Crippen molar-refractivity contribution >= 4 is 6.09 Å². The zero-order valence-corrected chi connectivity index (χ0v) is 16.1. The summed E-state index contributed by atoms with van der Waals surface area (Å²) < 4.78 is 50.6. The molecule has 1 unspecified atom stereocenters. The molecule has 2 aromatic heterocycles. The highest BCUT2D eigenvalue weighted by molar-refractivity contribution is 5.69.